The summed E-state index contributed by atoms with van der Waals surface area (Å²) >= 11 is 0. The Balaban J connectivity index is 1.63. The second-order valence-corrected chi connectivity index (χ2v) is 9.91. The number of anilines is 1. The van der Waals surface area contributed by atoms with Crippen LogP contribution >= 0.6 is 0 Å². The molecule has 1 N–H and O–H groups in total. The van der Waals surface area contributed by atoms with Gasteiger partial charge in [0.1, 0.15) is 19.0 Å². The SMILES string of the molecule is COC(=O)c1ccc(COc2ccc(NC(=O)COC3CC(C)CCC3C(C)C)c(C(F)(F)F)c2)cc1. The number of carbonyl (C=O) groups excluding carboxylic acids is 2. The first-order valence-corrected chi connectivity index (χ1v) is 12.4. The number of alkyl halides is 3. The Hall–Kier alpha value is -3.07. The number of hydrogen-bond donors (Lipinski definition) is 1. The van der Waals surface area contributed by atoms with Crippen LogP contribution in [0.25, 0.3) is 0 Å². The quantitative estimate of drug-likeness (QED) is 0.382. The summed E-state index contributed by atoms with van der Waals surface area (Å²) in [6.07, 6.45) is -1.83. The molecule has 3 atom stereocenters. The van der Waals surface area contributed by atoms with Crippen molar-refractivity contribution >= 4 is 17.6 Å². The van der Waals surface area contributed by atoms with Crippen LogP contribution in [0.1, 0.15) is 61.5 Å². The maximum atomic E-state index is 13.8. The van der Waals surface area contributed by atoms with Crippen LogP contribution < -0.4 is 10.1 Å². The first-order valence-electron chi connectivity index (χ1n) is 12.4. The number of esters is 1. The van der Waals surface area contributed by atoms with E-state index in [1.54, 1.807) is 24.3 Å². The number of methoxy groups -OCH3 is 1. The van der Waals surface area contributed by atoms with E-state index in [2.05, 4.69) is 30.8 Å². The molecule has 1 amide bonds. The zero-order chi connectivity index (χ0) is 27.2. The Morgan fingerprint density at radius 1 is 1.08 bits per heavy atom. The lowest BCUT2D eigenvalue weighted by atomic mass is 9.75. The lowest BCUT2D eigenvalue weighted by molar-refractivity contribution is -0.137. The predicted molar refractivity (Wildman–Crippen MR) is 133 cm³/mol. The van der Waals surface area contributed by atoms with Gasteiger partial charge in [0.2, 0.25) is 5.91 Å². The van der Waals surface area contributed by atoms with Crippen molar-refractivity contribution in [3.05, 3.63) is 59.2 Å². The number of ether oxygens (including phenoxy) is 3. The molecule has 3 unspecified atom stereocenters. The molecule has 9 heteroatoms. The average molecular weight is 522 g/mol. The second kappa shape index (κ2) is 12.4. The highest BCUT2D eigenvalue weighted by Gasteiger charge is 2.35. The van der Waals surface area contributed by atoms with Gasteiger partial charge in [-0.1, -0.05) is 39.3 Å². The molecule has 0 spiro atoms. The number of nitrogens with one attached hydrogen (secondary N) is 1. The second-order valence-electron chi connectivity index (χ2n) is 9.91. The van der Waals surface area contributed by atoms with Crippen molar-refractivity contribution in [2.45, 2.75) is 58.9 Å². The summed E-state index contributed by atoms with van der Waals surface area (Å²) in [5.74, 6) is 0.0790. The van der Waals surface area contributed by atoms with Gasteiger partial charge in [-0.25, -0.2) is 4.79 Å². The standard InChI is InChI=1S/C28H34F3NO5/c1-17(2)22-11-5-18(3)13-25(22)37-16-26(33)32-24-12-10-21(14-23(24)28(29,30)31)36-15-19-6-8-20(9-7-19)27(34)35-4/h6-10,12,14,17-18,22,25H,5,11,13,15-16H2,1-4H3,(H,32,33). The van der Waals surface area contributed by atoms with Gasteiger partial charge in [0.15, 0.2) is 0 Å². The zero-order valence-corrected chi connectivity index (χ0v) is 21.6. The van der Waals surface area contributed by atoms with Crippen LogP contribution in [0.3, 0.4) is 0 Å². The predicted octanol–water partition coefficient (Wildman–Crippen LogP) is 6.49. The molecule has 3 rings (SSSR count). The molecule has 1 fully saturated rings. The van der Waals surface area contributed by atoms with Crippen LogP contribution in [0.15, 0.2) is 42.5 Å². The van der Waals surface area contributed by atoms with E-state index in [4.69, 9.17) is 9.47 Å². The van der Waals surface area contributed by atoms with Gasteiger partial charge in [-0.05, 0) is 66.5 Å². The Morgan fingerprint density at radius 3 is 2.41 bits per heavy atom. The molecule has 1 aliphatic rings. The van der Waals surface area contributed by atoms with Crippen LogP contribution in [0.4, 0.5) is 18.9 Å². The van der Waals surface area contributed by atoms with E-state index in [0.717, 1.165) is 25.3 Å². The summed E-state index contributed by atoms with van der Waals surface area (Å²) in [7, 11) is 1.27. The van der Waals surface area contributed by atoms with Crippen LogP contribution in [-0.4, -0.2) is 31.7 Å². The number of amides is 1. The highest BCUT2D eigenvalue weighted by atomic mass is 19.4. The first kappa shape index (κ1) is 28.5. The Labute approximate surface area is 215 Å². The fraction of sp³-hybridized carbons (Fsp3) is 0.500. The Kier molecular flexibility index (Phi) is 9.59. The summed E-state index contributed by atoms with van der Waals surface area (Å²) in [6.45, 7) is 6.07. The van der Waals surface area contributed by atoms with Gasteiger partial charge >= 0.3 is 12.1 Å². The Bertz CT molecular complexity index is 1070. The van der Waals surface area contributed by atoms with Gasteiger partial charge in [0.25, 0.3) is 0 Å². The van der Waals surface area contributed by atoms with Crippen LogP contribution in [0.2, 0.25) is 0 Å². The van der Waals surface area contributed by atoms with E-state index in [9.17, 15) is 22.8 Å². The van der Waals surface area contributed by atoms with E-state index < -0.39 is 23.6 Å². The zero-order valence-electron chi connectivity index (χ0n) is 21.6. The van der Waals surface area contributed by atoms with Crippen molar-refractivity contribution < 1.29 is 37.0 Å². The number of benzene rings is 2. The minimum atomic E-state index is -4.70. The van der Waals surface area contributed by atoms with Crippen LogP contribution in [0.5, 0.6) is 5.75 Å². The van der Waals surface area contributed by atoms with Gasteiger partial charge in [-0.15, -0.1) is 0 Å². The number of halogens is 3. The van der Waals surface area contributed by atoms with Crippen molar-refractivity contribution in [3.63, 3.8) is 0 Å². The minimum Gasteiger partial charge on any atom is -0.489 e. The lowest BCUT2D eigenvalue weighted by Crippen LogP contribution is -2.36. The number of hydrogen-bond acceptors (Lipinski definition) is 5. The third kappa shape index (κ3) is 7.95. The van der Waals surface area contributed by atoms with Gasteiger partial charge < -0.3 is 19.5 Å². The van der Waals surface area contributed by atoms with Crippen molar-refractivity contribution in [1.29, 1.82) is 0 Å². The molecule has 37 heavy (non-hydrogen) atoms. The molecule has 202 valence electrons. The maximum absolute atomic E-state index is 13.8. The molecule has 1 saturated carbocycles. The van der Waals surface area contributed by atoms with Crippen molar-refractivity contribution in [3.8, 4) is 5.75 Å². The minimum absolute atomic E-state index is 0.00484. The molecule has 0 heterocycles. The number of carbonyl (C=O) groups is 2. The van der Waals surface area contributed by atoms with E-state index >= 15 is 0 Å². The fourth-order valence-corrected chi connectivity index (χ4v) is 4.65. The lowest BCUT2D eigenvalue weighted by Gasteiger charge is -2.37. The van der Waals surface area contributed by atoms with Crippen molar-refractivity contribution in [2.24, 2.45) is 17.8 Å². The fourth-order valence-electron chi connectivity index (χ4n) is 4.65. The molecule has 0 radical (unpaired) electrons. The summed E-state index contributed by atoms with van der Waals surface area (Å²) < 4.78 is 57.4. The van der Waals surface area contributed by atoms with E-state index in [0.29, 0.717) is 28.9 Å². The van der Waals surface area contributed by atoms with Gasteiger partial charge in [-0.3, -0.25) is 4.79 Å². The topological polar surface area (TPSA) is 73.9 Å². The van der Waals surface area contributed by atoms with Crippen molar-refractivity contribution in [1.82, 2.24) is 0 Å². The highest BCUT2D eigenvalue weighted by molar-refractivity contribution is 5.92. The highest BCUT2D eigenvalue weighted by Crippen LogP contribution is 2.38. The molecule has 1 aliphatic carbocycles. The Morgan fingerprint density at radius 2 is 1.78 bits per heavy atom. The first-order chi connectivity index (χ1) is 17.5. The van der Waals surface area contributed by atoms with Gasteiger partial charge in [0.05, 0.1) is 30.0 Å². The smallest absolute Gasteiger partial charge is 0.418 e. The maximum Gasteiger partial charge on any atom is 0.418 e. The van der Waals surface area contributed by atoms with Crippen LogP contribution in [0, 0.1) is 17.8 Å². The summed E-state index contributed by atoms with van der Waals surface area (Å²) in [6, 6.07) is 9.75. The van der Waals surface area contributed by atoms with Crippen LogP contribution in [-0.2, 0) is 27.1 Å². The van der Waals surface area contributed by atoms with Crippen molar-refractivity contribution in [2.75, 3.05) is 19.0 Å². The van der Waals surface area contributed by atoms with Gasteiger partial charge in [-0.2, -0.15) is 13.2 Å². The normalized spacial score (nSPS) is 19.9. The molecular formula is C28H34F3NO5. The van der Waals surface area contributed by atoms with E-state index in [1.165, 1.54) is 19.2 Å². The molecule has 0 saturated heterocycles. The molecule has 0 bridgehead atoms. The molecule has 6 nitrogen and oxygen atoms in total. The summed E-state index contributed by atoms with van der Waals surface area (Å²) in [5.41, 5.74) is -0.348. The number of rotatable bonds is 9. The largest absolute Gasteiger partial charge is 0.489 e. The third-order valence-electron chi connectivity index (χ3n) is 6.74. The van der Waals surface area contributed by atoms with E-state index in [1.807, 2.05) is 0 Å². The molecule has 2 aromatic carbocycles. The molecular weight excluding hydrogens is 487 g/mol. The molecule has 0 aromatic heterocycles. The summed E-state index contributed by atoms with van der Waals surface area (Å²) in [4.78, 5) is 24.0. The summed E-state index contributed by atoms with van der Waals surface area (Å²) in [5, 5.41) is 2.35. The average Bonchev–Trinajstić information content (AvgIpc) is 2.86. The third-order valence-corrected chi connectivity index (χ3v) is 6.74. The monoisotopic (exact) mass is 521 g/mol. The molecule has 2 aromatic rings. The van der Waals surface area contributed by atoms with Gasteiger partial charge in [0, 0.05) is 0 Å². The van der Waals surface area contributed by atoms with E-state index in [-0.39, 0.29) is 30.8 Å². The molecule has 0 aliphatic heterocycles.